The molecule has 3 heterocycles. The van der Waals surface area contributed by atoms with Gasteiger partial charge in [-0.3, -0.25) is 5.10 Å². The van der Waals surface area contributed by atoms with E-state index in [4.69, 9.17) is 0 Å². The Kier molecular flexibility index (Phi) is 5.76. The van der Waals surface area contributed by atoms with Gasteiger partial charge >= 0.3 is 0 Å². The lowest BCUT2D eigenvalue weighted by atomic mass is 10.1. The van der Waals surface area contributed by atoms with Crippen LogP contribution in [0.5, 0.6) is 0 Å². The van der Waals surface area contributed by atoms with Gasteiger partial charge in [-0.25, -0.2) is 9.97 Å². The van der Waals surface area contributed by atoms with Crippen LogP contribution in [0.4, 0.5) is 5.82 Å². The lowest BCUT2D eigenvalue weighted by Crippen LogP contribution is -2.15. The van der Waals surface area contributed by atoms with Crippen LogP contribution in [-0.2, 0) is 0 Å². The molecule has 3 N–H and O–H groups in total. The molecule has 1 aliphatic carbocycles. The third-order valence-corrected chi connectivity index (χ3v) is 4.96. The first kappa shape index (κ1) is 19.0. The molecule has 4 aromatic rings. The summed E-state index contributed by atoms with van der Waals surface area (Å²) in [7, 11) is 0. The van der Waals surface area contributed by atoms with E-state index in [9.17, 15) is 5.11 Å². The predicted molar refractivity (Wildman–Crippen MR) is 107 cm³/mol. The van der Waals surface area contributed by atoms with Crippen LogP contribution < -0.4 is 5.32 Å². The molecule has 1 fully saturated rings. The first-order valence-corrected chi connectivity index (χ1v) is 9.62. The topological polar surface area (TPSA) is 126 Å². The number of aryl methyl sites for hydroxylation is 1. The Hall–Kier alpha value is -3.33. The molecule has 0 amide bonds. The highest BCUT2D eigenvalue weighted by molar-refractivity contribution is 5.85. The van der Waals surface area contributed by atoms with Gasteiger partial charge in [0.1, 0.15) is 18.2 Å². The van der Waals surface area contributed by atoms with Gasteiger partial charge in [-0.2, -0.15) is 10.1 Å². The quantitative estimate of drug-likeness (QED) is 0.483. The van der Waals surface area contributed by atoms with E-state index in [-0.39, 0.29) is 5.82 Å². The molecule has 5 rings (SSSR count). The van der Waals surface area contributed by atoms with Gasteiger partial charge in [0.25, 0.3) is 0 Å². The first-order chi connectivity index (χ1) is 14.2. The van der Waals surface area contributed by atoms with Crippen LogP contribution in [-0.4, -0.2) is 41.5 Å². The van der Waals surface area contributed by atoms with E-state index in [0.717, 1.165) is 28.0 Å². The second kappa shape index (κ2) is 8.78. The smallest absolute Gasteiger partial charge is 0.213 e. The van der Waals surface area contributed by atoms with Crippen LogP contribution in [0.3, 0.4) is 0 Å². The van der Waals surface area contributed by atoms with E-state index in [1.54, 1.807) is 12.5 Å². The summed E-state index contributed by atoms with van der Waals surface area (Å²) < 4.78 is 4.56. The highest BCUT2D eigenvalue weighted by Crippen LogP contribution is 2.24. The number of nitrogens with one attached hydrogen (secondary N) is 2. The Morgan fingerprint density at radius 1 is 1.14 bits per heavy atom. The summed E-state index contributed by atoms with van der Waals surface area (Å²) in [5, 5.41) is 24.6. The third kappa shape index (κ3) is 4.57. The van der Waals surface area contributed by atoms with Gasteiger partial charge in [0.05, 0.1) is 11.6 Å². The van der Waals surface area contributed by atoms with Gasteiger partial charge in [-0.05, 0) is 25.3 Å². The summed E-state index contributed by atoms with van der Waals surface area (Å²) in [4.78, 5) is 12.2. The lowest BCUT2D eigenvalue weighted by Gasteiger charge is -2.12. The summed E-state index contributed by atoms with van der Waals surface area (Å²) in [6.07, 6.45) is 8.84. The van der Waals surface area contributed by atoms with E-state index in [2.05, 4.69) is 40.1 Å². The number of nitrogens with zero attached hydrogens (tertiary/aromatic N) is 5. The van der Waals surface area contributed by atoms with Gasteiger partial charge in [0, 0.05) is 6.04 Å². The maximum Gasteiger partial charge on any atom is 0.213 e. The van der Waals surface area contributed by atoms with Gasteiger partial charge in [0.2, 0.25) is 12.2 Å². The second-order valence-electron chi connectivity index (χ2n) is 7.08. The van der Waals surface area contributed by atoms with Crippen LogP contribution >= 0.6 is 0 Å². The normalized spacial score (nSPS) is 15.1. The Bertz CT molecular complexity index is 1020. The number of aromatic amines is 1. The van der Waals surface area contributed by atoms with Gasteiger partial charge in [-0.1, -0.05) is 47.8 Å². The molecule has 3 aromatic heterocycles. The van der Waals surface area contributed by atoms with Crippen LogP contribution in [0.1, 0.15) is 48.7 Å². The van der Waals surface area contributed by atoms with Crippen LogP contribution in [0.2, 0.25) is 0 Å². The molecule has 1 saturated carbocycles. The van der Waals surface area contributed by atoms with Crippen molar-refractivity contribution in [1.29, 1.82) is 0 Å². The molecule has 150 valence electrons. The standard InChI is InChI=1S/C10H13N5.C10H10N2O2/c1-2-4-7(3-1)14-9-8-5-13-15-10(8)12-6-11-9;1-7-2-4-8(5-3-7)9(13)10-11-6-14-12-10/h5-7H,1-4H2,(H2,11,12,13,14,15);2-6,9,13H,1H3. The number of aliphatic hydroxyl groups is 1. The average molecular weight is 393 g/mol. The monoisotopic (exact) mass is 393 g/mol. The molecule has 1 aromatic carbocycles. The number of hydrogen-bond acceptors (Lipinski definition) is 8. The van der Waals surface area contributed by atoms with Crippen molar-refractivity contribution in [2.45, 2.75) is 44.8 Å². The molecule has 0 saturated heterocycles. The molecular weight excluding hydrogens is 370 g/mol. The van der Waals surface area contributed by atoms with Crippen LogP contribution in [0, 0.1) is 6.92 Å². The first-order valence-electron chi connectivity index (χ1n) is 9.62. The fourth-order valence-corrected chi connectivity index (χ4v) is 3.34. The average Bonchev–Trinajstić information content (AvgIpc) is 3.51. The molecule has 1 aliphatic rings. The van der Waals surface area contributed by atoms with E-state index in [1.807, 2.05) is 31.2 Å². The Labute approximate surface area is 167 Å². The number of hydrogen-bond donors (Lipinski definition) is 3. The number of rotatable bonds is 4. The summed E-state index contributed by atoms with van der Waals surface area (Å²) in [6, 6.07) is 8.11. The highest BCUT2D eigenvalue weighted by Gasteiger charge is 2.16. The van der Waals surface area contributed by atoms with Crippen molar-refractivity contribution < 1.29 is 9.63 Å². The van der Waals surface area contributed by atoms with Crippen LogP contribution in [0.25, 0.3) is 11.0 Å². The lowest BCUT2D eigenvalue weighted by molar-refractivity contribution is 0.204. The minimum Gasteiger partial charge on any atom is -0.380 e. The zero-order valence-electron chi connectivity index (χ0n) is 16.1. The maximum atomic E-state index is 9.79. The summed E-state index contributed by atoms with van der Waals surface area (Å²) in [5.74, 6) is 1.19. The zero-order valence-corrected chi connectivity index (χ0v) is 16.1. The van der Waals surface area contributed by atoms with Crippen molar-refractivity contribution in [2.24, 2.45) is 0 Å². The summed E-state index contributed by atoms with van der Waals surface area (Å²) >= 11 is 0. The molecule has 9 heteroatoms. The molecule has 1 unspecified atom stereocenters. The van der Waals surface area contributed by atoms with Crippen molar-refractivity contribution in [3.8, 4) is 0 Å². The molecule has 9 nitrogen and oxygen atoms in total. The highest BCUT2D eigenvalue weighted by atomic mass is 16.5. The predicted octanol–water partition coefficient (Wildman–Crippen LogP) is 3.17. The summed E-state index contributed by atoms with van der Waals surface area (Å²) in [5.41, 5.74) is 2.71. The van der Waals surface area contributed by atoms with E-state index in [1.165, 1.54) is 32.1 Å². The second-order valence-corrected chi connectivity index (χ2v) is 7.08. The number of anilines is 1. The molecule has 0 bridgehead atoms. The minimum atomic E-state index is -0.811. The van der Waals surface area contributed by atoms with Gasteiger partial charge in [0.15, 0.2) is 5.65 Å². The summed E-state index contributed by atoms with van der Waals surface area (Å²) in [6.45, 7) is 1.99. The molecule has 0 spiro atoms. The molecule has 1 atom stereocenters. The molecule has 29 heavy (non-hydrogen) atoms. The van der Waals surface area contributed by atoms with E-state index in [0.29, 0.717) is 6.04 Å². The van der Waals surface area contributed by atoms with Crippen molar-refractivity contribution in [3.63, 3.8) is 0 Å². The van der Waals surface area contributed by atoms with Crippen LogP contribution in [0.15, 0.2) is 47.7 Å². The Balaban J connectivity index is 0.000000142. The van der Waals surface area contributed by atoms with Gasteiger partial charge < -0.3 is 14.9 Å². The fraction of sp³-hybridized carbons (Fsp3) is 0.350. The molecule has 0 radical (unpaired) electrons. The zero-order chi connectivity index (χ0) is 20.1. The third-order valence-electron chi connectivity index (χ3n) is 4.96. The largest absolute Gasteiger partial charge is 0.380 e. The van der Waals surface area contributed by atoms with E-state index < -0.39 is 6.10 Å². The van der Waals surface area contributed by atoms with Crippen molar-refractivity contribution in [2.75, 3.05) is 5.32 Å². The van der Waals surface area contributed by atoms with Crippen molar-refractivity contribution in [1.82, 2.24) is 30.3 Å². The molecular formula is C20H23N7O2. The Morgan fingerprint density at radius 3 is 2.66 bits per heavy atom. The fourth-order valence-electron chi connectivity index (χ4n) is 3.34. The van der Waals surface area contributed by atoms with Crippen molar-refractivity contribution in [3.05, 3.63) is 60.1 Å². The van der Waals surface area contributed by atoms with E-state index >= 15 is 0 Å². The molecule has 0 aliphatic heterocycles. The number of benzene rings is 1. The number of H-pyrrole nitrogens is 1. The Morgan fingerprint density at radius 2 is 1.93 bits per heavy atom. The van der Waals surface area contributed by atoms with Gasteiger partial charge in [-0.15, -0.1) is 0 Å². The minimum absolute atomic E-state index is 0.286. The SMILES string of the molecule is Cc1ccc(C(O)c2ncon2)cc1.c1nc(NC2CCCC2)c2cn[nH]c2n1. The maximum absolute atomic E-state index is 9.79. The number of fused-ring (bicyclic) bond motifs is 1. The number of aromatic nitrogens is 6. The number of aliphatic hydroxyl groups excluding tert-OH is 1. The van der Waals surface area contributed by atoms with Crippen molar-refractivity contribution >= 4 is 16.9 Å².